The molecule has 1 aliphatic rings. The number of nitrogens with zero attached hydrogens (tertiary/aromatic N) is 3. The summed E-state index contributed by atoms with van der Waals surface area (Å²) in [5.41, 5.74) is 1.76. The van der Waals surface area contributed by atoms with E-state index >= 15 is 0 Å². The maximum absolute atomic E-state index is 12.9. The van der Waals surface area contributed by atoms with Crippen LogP contribution in [-0.2, 0) is 11.2 Å². The average molecular weight is 342 g/mol. The highest BCUT2D eigenvalue weighted by Crippen LogP contribution is 2.30. The standard InChI is InChI=1S/C17H15FN4OS/c18-12-3-1-11(2-4-12)7-15(23)21-13-8-22(9-13)17-16-14(5-6-24-16)19-10-20-17/h1-6,10,13H,7-9H2,(H,21,23). The smallest absolute Gasteiger partial charge is 0.224 e. The number of carbonyl (C=O) groups excluding carboxylic acids is 1. The number of amides is 1. The van der Waals surface area contributed by atoms with Crippen molar-refractivity contribution >= 4 is 33.3 Å². The van der Waals surface area contributed by atoms with E-state index in [1.807, 2.05) is 11.4 Å². The summed E-state index contributed by atoms with van der Waals surface area (Å²) < 4.78 is 14.0. The first kappa shape index (κ1) is 15.0. The Balaban J connectivity index is 1.33. The lowest BCUT2D eigenvalue weighted by Crippen LogP contribution is -2.60. The van der Waals surface area contributed by atoms with E-state index in [4.69, 9.17) is 0 Å². The molecule has 1 aliphatic heterocycles. The Morgan fingerprint density at radius 2 is 2.04 bits per heavy atom. The van der Waals surface area contributed by atoms with E-state index in [2.05, 4.69) is 20.2 Å². The molecule has 3 aromatic rings. The second-order valence-corrected chi connectivity index (χ2v) is 6.72. The van der Waals surface area contributed by atoms with Crippen molar-refractivity contribution in [2.24, 2.45) is 0 Å². The third-order valence-corrected chi connectivity index (χ3v) is 4.95. The van der Waals surface area contributed by atoms with Crippen molar-refractivity contribution in [3.63, 3.8) is 0 Å². The number of fused-ring (bicyclic) bond motifs is 1. The Labute approximate surface area is 142 Å². The minimum atomic E-state index is -0.293. The van der Waals surface area contributed by atoms with E-state index in [1.54, 1.807) is 29.8 Å². The SMILES string of the molecule is O=C(Cc1ccc(F)cc1)NC1CN(c2ncnc3ccsc23)C1. The number of nitrogens with one attached hydrogen (secondary N) is 1. The van der Waals surface area contributed by atoms with E-state index in [1.165, 1.54) is 12.1 Å². The van der Waals surface area contributed by atoms with Crippen LogP contribution >= 0.6 is 11.3 Å². The number of anilines is 1. The van der Waals surface area contributed by atoms with Crippen LogP contribution in [0.4, 0.5) is 10.2 Å². The molecular weight excluding hydrogens is 327 g/mol. The second kappa shape index (κ2) is 6.16. The van der Waals surface area contributed by atoms with Crippen molar-refractivity contribution in [2.45, 2.75) is 12.5 Å². The maximum Gasteiger partial charge on any atom is 0.224 e. The number of thiophene rings is 1. The van der Waals surface area contributed by atoms with Crippen LogP contribution < -0.4 is 10.2 Å². The molecule has 5 nitrogen and oxygen atoms in total. The third-order valence-electron chi connectivity index (χ3n) is 4.05. The van der Waals surface area contributed by atoms with Crippen LogP contribution in [0.25, 0.3) is 10.2 Å². The molecule has 24 heavy (non-hydrogen) atoms. The number of halogens is 1. The molecular formula is C17H15FN4OS. The van der Waals surface area contributed by atoms with E-state index in [0.29, 0.717) is 0 Å². The van der Waals surface area contributed by atoms with Crippen LogP contribution in [0.5, 0.6) is 0 Å². The van der Waals surface area contributed by atoms with Gasteiger partial charge in [0.05, 0.1) is 22.7 Å². The van der Waals surface area contributed by atoms with Gasteiger partial charge in [0, 0.05) is 13.1 Å². The Hall–Kier alpha value is -2.54. The lowest BCUT2D eigenvalue weighted by atomic mass is 10.1. The quantitative estimate of drug-likeness (QED) is 0.791. The van der Waals surface area contributed by atoms with Crippen molar-refractivity contribution in [3.8, 4) is 0 Å². The molecule has 2 aromatic heterocycles. The summed E-state index contributed by atoms with van der Waals surface area (Å²) in [6.07, 6.45) is 1.84. The summed E-state index contributed by atoms with van der Waals surface area (Å²) in [7, 11) is 0. The average Bonchev–Trinajstić information content (AvgIpc) is 3.01. The monoisotopic (exact) mass is 342 g/mol. The van der Waals surface area contributed by atoms with Gasteiger partial charge in [-0.25, -0.2) is 14.4 Å². The molecule has 1 fully saturated rings. The van der Waals surface area contributed by atoms with Gasteiger partial charge in [0.2, 0.25) is 5.91 Å². The Kier molecular flexibility index (Phi) is 3.86. The van der Waals surface area contributed by atoms with Crippen LogP contribution in [0, 0.1) is 5.82 Å². The molecule has 0 unspecified atom stereocenters. The summed E-state index contributed by atoms with van der Waals surface area (Å²) in [6.45, 7) is 1.47. The van der Waals surface area contributed by atoms with Gasteiger partial charge in [-0.3, -0.25) is 4.79 Å². The van der Waals surface area contributed by atoms with Gasteiger partial charge < -0.3 is 10.2 Å². The first-order valence-corrected chi connectivity index (χ1v) is 8.54. The Morgan fingerprint density at radius 3 is 2.83 bits per heavy atom. The van der Waals surface area contributed by atoms with Gasteiger partial charge in [0.15, 0.2) is 0 Å². The molecule has 0 atom stereocenters. The van der Waals surface area contributed by atoms with Crippen LogP contribution in [0.15, 0.2) is 42.0 Å². The van der Waals surface area contributed by atoms with Crippen molar-refractivity contribution in [3.05, 3.63) is 53.4 Å². The van der Waals surface area contributed by atoms with Gasteiger partial charge in [-0.1, -0.05) is 12.1 Å². The van der Waals surface area contributed by atoms with Crippen LogP contribution in [0.2, 0.25) is 0 Å². The van der Waals surface area contributed by atoms with E-state index in [0.717, 1.165) is 34.7 Å². The molecule has 1 N–H and O–H groups in total. The first-order chi connectivity index (χ1) is 11.7. The fourth-order valence-corrected chi connectivity index (χ4v) is 3.67. The zero-order chi connectivity index (χ0) is 16.5. The van der Waals surface area contributed by atoms with Crippen molar-refractivity contribution in [1.29, 1.82) is 0 Å². The van der Waals surface area contributed by atoms with E-state index < -0.39 is 0 Å². The predicted molar refractivity (Wildman–Crippen MR) is 91.7 cm³/mol. The van der Waals surface area contributed by atoms with Gasteiger partial charge in [-0.2, -0.15) is 0 Å². The van der Waals surface area contributed by atoms with Gasteiger partial charge in [-0.15, -0.1) is 11.3 Å². The zero-order valence-corrected chi connectivity index (χ0v) is 13.6. The summed E-state index contributed by atoms with van der Waals surface area (Å²) in [5.74, 6) is 0.591. The number of rotatable bonds is 4. The highest BCUT2D eigenvalue weighted by Gasteiger charge is 2.30. The number of benzene rings is 1. The Bertz CT molecular complexity index is 874. The molecule has 122 valence electrons. The lowest BCUT2D eigenvalue weighted by molar-refractivity contribution is -0.121. The maximum atomic E-state index is 12.9. The molecule has 3 heterocycles. The molecule has 0 aliphatic carbocycles. The fourth-order valence-electron chi connectivity index (χ4n) is 2.81. The van der Waals surface area contributed by atoms with Gasteiger partial charge >= 0.3 is 0 Å². The van der Waals surface area contributed by atoms with Crippen molar-refractivity contribution < 1.29 is 9.18 Å². The molecule has 0 bridgehead atoms. The van der Waals surface area contributed by atoms with E-state index in [-0.39, 0.29) is 24.2 Å². The summed E-state index contributed by atoms with van der Waals surface area (Å²) in [5, 5.41) is 5.01. The number of carbonyl (C=O) groups is 1. The molecule has 0 spiro atoms. The number of hydrogen-bond donors (Lipinski definition) is 1. The summed E-state index contributed by atoms with van der Waals surface area (Å²) in [6, 6.07) is 8.10. The van der Waals surface area contributed by atoms with Gasteiger partial charge in [-0.05, 0) is 29.1 Å². The van der Waals surface area contributed by atoms with Crippen LogP contribution in [0.1, 0.15) is 5.56 Å². The van der Waals surface area contributed by atoms with Crippen LogP contribution in [-0.4, -0.2) is 35.0 Å². The number of aromatic nitrogens is 2. The first-order valence-electron chi connectivity index (χ1n) is 7.66. The van der Waals surface area contributed by atoms with E-state index in [9.17, 15) is 9.18 Å². The molecule has 1 aromatic carbocycles. The minimum Gasteiger partial charge on any atom is -0.351 e. The van der Waals surface area contributed by atoms with Crippen molar-refractivity contribution in [1.82, 2.24) is 15.3 Å². The topological polar surface area (TPSA) is 58.1 Å². The number of hydrogen-bond acceptors (Lipinski definition) is 5. The van der Waals surface area contributed by atoms with Crippen molar-refractivity contribution in [2.75, 3.05) is 18.0 Å². The fraction of sp³-hybridized carbons (Fsp3) is 0.235. The summed E-state index contributed by atoms with van der Waals surface area (Å²) >= 11 is 1.62. The Morgan fingerprint density at radius 1 is 1.25 bits per heavy atom. The molecule has 0 saturated carbocycles. The zero-order valence-electron chi connectivity index (χ0n) is 12.8. The highest BCUT2D eigenvalue weighted by molar-refractivity contribution is 7.17. The molecule has 1 amide bonds. The summed E-state index contributed by atoms with van der Waals surface area (Å²) in [4.78, 5) is 22.8. The minimum absolute atomic E-state index is 0.0461. The van der Waals surface area contributed by atoms with Gasteiger partial charge in [0.25, 0.3) is 0 Å². The van der Waals surface area contributed by atoms with Crippen LogP contribution in [0.3, 0.4) is 0 Å². The molecule has 0 radical (unpaired) electrons. The predicted octanol–water partition coefficient (Wildman–Crippen LogP) is 2.38. The third kappa shape index (κ3) is 2.94. The highest BCUT2D eigenvalue weighted by atomic mass is 32.1. The largest absolute Gasteiger partial charge is 0.351 e. The molecule has 7 heteroatoms. The normalized spacial score (nSPS) is 14.6. The van der Waals surface area contributed by atoms with Gasteiger partial charge in [0.1, 0.15) is 18.0 Å². The molecule has 4 rings (SSSR count). The lowest BCUT2D eigenvalue weighted by Gasteiger charge is -2.40. The molecule has 1 saturated heterocycles. The second-order valence-electron chi connectivity index (χ2n) is 5.80.